The highest BCUT2D eigenvalue weighted by molar-refractivity contribution is 5.75. The van der Waals surface area contributed by atoms with Crippen LogP contribution in [-0.2, 0) is 11.3 Å². The lowest BCUT2D eigenvalue weighted by molar-refractivity contribution is -0.130. The topological polar surface area (TPSA) is 72.4 Å². The summed E-state index contributed by atoms with van der Waals surface area (Å²) in [5.41, 5.74) is 7.20. The molecule has 0 aliphatic carbocycles. The van der Waals surface area contributed by atoms with Gasteiger partial charge in [-0.25, -0.2) is 0 Å². The number of aryl methyl sites for hydroxylation is 2. The smallest absolute Gasteiger partial charge is 0.222 e. The SMILES string of the molecule is Cc1noc(C)c1CN(C)C(=O)CCCN. The van der Waals surface area contributed by atoms with Gasteiger partial charge in [0.15, 0.2) is 0 Å². The number of amides is 1. The van der Waals surface area contributed by atoms with Crippen LogP contribution >= 0.6 is 0 Å². The Kier molecular flexibility index (Phi) is 4.49. The molecule has 0 unspecified atom stereocenters. The Bertz CT molecular complexity index is 341. The largest absolute Gasteiger partial charge is 0.361 e. The van der Waals surface area contributed by atoms with Crippen molar-refractivity contribution in [2.24, 2.45) is 5.73 Å². The maximum absolute atomic E-state index is 11.7. The second-order valence-electron chi connectivity index (χ2n) is 3.94. The van der Waals surface area contributed by atoms with E-state index in [-0.39, 0.29) is 5.91 Å². The normalized spacial score (nSPS) is 10.5. The van der Waals surface area contributed by atoms with Crippen LogP contribution in [0, 0.1) is 13.8 Å². The number of hydrogen-bond donors (Lipinski definition) is 1. The minimum absolute atomic E-state index is 0.102. The summed E-state index contributed by atoms with van der Waals surface area (Å²) >= 11 is 0. The van der Waals surface area contributed by atoms with Crippen molar-refractivity contribution in [3.8, 4) is 0 Å². The zero-order valence-corrected chi connectivity index (χ0v) is 10.1. The Labute approximate surface area is 95.6 Å². The van der Waals surface area contributed by atoms with Crippen molar-refractivity contribution in [3.63, 3.8) is 0 Å². The Morgan fingerprint density at radius 1 is 1.50 bits per heavy atom. The number of hydrogen-bond acceptors (Lipinski definition) is 4. The molecule has 0 saturated heterocycles. The number of carbonyl (C=O) groups is 1. The molecule has 1 amide bonds. The first-order chi connectivity index (χ1) is 7.56. The summed E-state index contributed by atoms with van der Waals surface area (Å²) in [5, 5.41) is 3.86. The van der Waals surface area contributed by atoms with Crippen molar-refractivity contribution < 1.29 is 9.32 Å². The molecule has 1 rings (SSSR count). The number of carbonyl (C=O) groups excluding carboxylic acids is 1. The summed E-state index contributed by atoms with van der Waals surface area (Å²) in [6, 6.07) is 0. The molecule has 0 atom stereocenters. The second kappa shape index (κ2) is 5.65. The highest BCUT2D eigenvalue weighted by Crippen LogP contribution is 2.14. The third-order valence-corrected chi connectivity index (χ3v) is 2.60. The highest BCUT2D eigenvalue weighted by atomic mass is 16.5. The van der Waals surface area contributed by atoms with E-state index >= 15 is 0 Å². The molecule has 0 fully saturated rings. The molecule has 5 nitrogen and oxygen atoms in total. The van der Waals surface area contributed by atoms with E-state index in [0.717, 1.165) is 23.4 Å². The van der Waals surface area contributed by atoms with Crippen LogP contribution in [0.1, 0.15) is 29.9 Å². The highest BCUT2D eigenvalue weighted by Gasteiger charge is 2.14. The molecular formula is C11H19N3O2. The predicted molar refractivity (Wildman–Crippen MR) is 60.7 cm³/mol. The molecule has 0 bridgehead atoms. The zero-order valence-electron chi connectivity index (χ0n) is 10.1. The first-order valence-electron chi connectivity index (χ1n) is 5.42. The van der Waals surface area contributed by atoms with Gasteiger partial charge in [0.1, 0.15) is 5.76 Å². The molecule has 1 aromatic heterocycles. The van der Waals surface area contributed by atoms with Gasteiger partial charge in [-0.2, -0.15) is 0 Å². The lowest BCUT2D eigenvalue weighted by Gasteiger charge is -2.16. The van der Waals surface area contributed by atoms with Crippen molar-refractivity contribution in [1.82, 2.24) is 10.1 Å². The van der Waals surface area contributed by atoms with Crippen molar-refractivity contribution in [1.29, 1.82) is 0 Å². The lowest BCUT2D eigenvalue weighted by Crippen LogP contribution is -2.26. The van der Waals surface area contributed by atoms with Gasteiger partial charge in [-0.15, -0.1) is 0 Å². The Balaban J connectivity index is 2.57. The molecule has 2 N–H and O–H groups in total. The van der Waals surface area contributed by atoms with E-state index in [4.69, 9.17) is 10.3 Å². The molecule has 0 aliphatic rings. The fraction of sp³-hybridized carbons (Fsp3) is 0.636. The van der Waals surface area contributed by atoms with E-state index in [0.29, 0.717) is 19.5 Å². The van der Waals surface area contributed by atoms with E-state index in [1.54, 1.807) is 11.9 Å². The first kappa shape index (κ1) is 12.7. The van der Waals surface area contributed by atoms with Crippen molar-refractivity contribution >= 4 is 5.91 Å². The third kappa shape index (κ3) is 3.06. The fourth-order valence-corrected chi connectivity index (χ4v) is 1.50. The van der Waals surface area contributed by atoms with E-state index < -0.39 is 0 Å². The van der Waals surface area contributed by atoms with Crippen LogP contribution in [0.2, 0.25) is 0 Å². The summed E-state index contributed by atoms with van der Waals surface area (Å²) in [5.74, 6) is 0.876. The van der Waals surface area contributed by atoms with Gasteiger partial charge in [-0.3, -0.25) is 4.79 Å². The molecular weight excluding hydrogens is 206 g/mol. The molecule has 0 aliphatic heterocycles. The lowest BCUT2D eigenvalue weighted by atomic mass is 10.2. The average molecular weight is 225 g/mol. The number of nitrogens with zero attached hydrogens (tertiary/aromatic N) is 2. The molecule has 0 aromatic carbocycles. The Hall–Kier alpha value is -1.36. The quantitative estimate of drug-likeness (QED) is 0.811. The van der Waals surface area contributed by atoms with Gasteiger partial charge in [0.05, 0.1) is 12.2 Å². The molecule has 0 spiro atoms. The van der Waals surface area contributed by atoms with Gasteiger partial charge in [-0.1, -0.05) is 5.16 Å². The van der Waals surface area contributed by atoms with Crippen LogP contribution in [0.5, 0.6) is 0 Å². The molecule has 16 heavy (non-hydrogen) atoms. The van der Waals surface area contributed by atoms with Crippen LogP contribution < -0.4 is 5.73 Å². The predicted octanol–water partition coefficient (Wildman–Crippen LogP) is 0.989. The van der Waals surface area contributed by atoms with Crippen LogP contribution in [0.3, 0.4) is 0 Å². The molecule has 5 heteroatoms. The summed E-state index contributed by atoms with van der Waals surface area (Å²) in [6.07, 6.45) is 1.22. The minimum Gasteiger partial charge on any atom is -0.361 e. The van der Waals surface area contributed by atoms with Crippen LogP contribution in [0.25, 0.3) is 0 Å². The van der Waals surface area contributed by atoms with Crippen molar-refractivity contribution in [2.75, 3.05) is 13.6 Å². The van der Waals surface area contributed by atoms with Crippen LogP contribution in [0.4, 0.5) is 0 Å². The van der Waals surface area contributed by atoms with Crippen LogP contribution in [0.15, 0.2) is 4.52 Å². The van der Waals surface area contributed by atoms with Gasteiger partial charge in [0.25, 0.3) is 0 Å². The van der Waals surface area contributed by atoms with Gasteiger partial charge >= 0.3 is 0 Å². The minimum atomic E-state index is 0.102. The molecule has 1 heterocycles. The van der Waals surface area contributed by atoms with Gasteiger partial charge in [0.2, 0.25) is 5.91 Å². The fourth-order valence-electron chi connectivity index (χ4n) is 1.50. The van der Waals surface area contributed by atoms with Gasteiger partial charge in [0, 0.05) is 19.0 Å². The second-order valence-corrected chi connectivity index (χ2v) is 3.94. The average Bonchev–Trinajstić information content (AvgIpc) is 2.57. The van der Waals surface area contributed by atoms with E-state index in [1.165, 1.54) is 0 Å². The summed E-state index contributed by atoms with van der Waals surface area (Å²) in [7, 11) is 1.78. The van der Waals surface area contributed by atoms with E-state index in [9.17, 15) is 4.79 Å². The number of nitrogens with two attached hydrogens (primary N) is 1. The maximum atomic E-state index is 11.7. The van der Waals surface area contributed by atoms with Gasteiger partial charge < -0.3 is 15.2 Å². The number of aromatic nitrogens is 1. The molecule has 90 valence electrons. The summed E-state index contributed by atoms with van der Waals surface area (Å²) in [4.78, 5) is 13.4. The third-order valence-electron chi connectivity index (χ3n) is 2.60. The van der Waals surface area contributed by atoms with E-state index in [1.807, 2.05) is 13.8 Å². The van der Waals surface area contributed by atoms with Crippen molar-refractivity contribution in [3.05, 3.63) is 17.0 Å². The summed E-state index contributed by atoms with van der Waals surface area (Å²) < 4.78 is 5.05. The van der Waals surface area contributed by atoms with E-state index in [2.05, 4.69) is 5.16 Å². The Morgan fingerprint density at radius 3 is 2.69 bits per heavy atom. The molecule has 0 radical (unpaired) electrons. The molecule has 1 aromatic rings. The van der Waals surface area contributed by atoms with Crippen molar-refractivity contribution in [2.45, 2.75) is 33.2 Å². The first-order valence-corrected chi connectivity index (χ1v) is 5.42. The maximum Gasteiger partial charge on any atom is 0.222 e. The summed E-state index contributed by atoms with van der Waals surface area (Å²) in [6.45, 7) is 4.83. The number of rotatable bonds is 5. The molecule has 0 saturated carbocycles. The Morgan fingerprint density at radius 2 is 2.19 bits per heavy atom. The standard InChI is InChI=1S/C11H19N3O2/c1-8-10(9(2)16-13-8)7-14(3)11(15)5-4-6-12/h4-7,12H2,1-3H3. The monoisotopic (exact) mass is 225 g/mol. The van der Waals surface area contributed by atoms with Crippen LogP contribution in [-0.4, -0.2) is 29.6 Å². The zero-order chi connectivity index (χ0) is 12.1. The van der Waals surface area contributed by atoms with Gasteiger partial charge in [-0.05, 0) is 26.8 Å².